The SMILES string of the molecule is CO/N=C1/C=C2CCC3C(CC[C@@]4(C)C3CC3CCCCC34C(C)=O)[C@@]2(C)CC1. The average molecular weight is 398 g/mol. The van der Waals surface area contributed by atoms with E-state index in [4.69, 9.17) is 4.84 Å². The van der Waals surface area contributed by atoms with Gasteiger partial charge in [-0.1, -0.05) is 37.4 Å². The molecule has 4 saturated carbocycles. The number of hydrogen-bond acceptors (Lipinski definition) is 3. The molecule has 0 aromatic heterocycles. The fraction of sp³-hybridized carbons (Fsp3) is 0.846. The lowest BCUT2D eigenvalue weighted by atomic mass is 9.44. The second kappa shape index (κ2) is 6.69. The molecule has 5 aliphatic rings. The third kappa shape index (κ3) is 2.48. The van der Waals surface area contributed by atoms with Gasteiger partial charge in [0.2, 0.25) is 0 Å². The number of ketones is 1. The van der Waals surface area contributed by atoms with Gasteiger partial charge in [0, 0.05) is 5.41 Å². The molecule has 0 spiro atoms. The molecule has 0 radical (unpaired) electrons. The molecule has 0 saturated heterocycles. The third-order valence-corrected chi connectivity index (χ3v) is 10.8. The molecular formula is C26H39NO2. The van der Waals surface area contributed by atoms with Gasteiger partial charge in [0.25, 0.3) is 0 Å². The Kier molecular flexibility index (Phi) is 4.57. The molecule has 160 valence electrons. The summed E-state index contributed by atoms with van der Waals surface area (Å²) in [6.07, 6.45) is 16.1. The summed E-state index contributed by atoms with van der Waals surface area (Å²) in [6, 6.07) is 0. The van der Waals surface area contributed by atoms with E-state index in [1.807, 2.05) is 6.92 Å². The highest BCUT2D eigenvalue weighted by molar-refractivity contribution is 5.96. The lowest BCUT2D eigenvalue weighted by Gasteiger charge is -2.60. The van der Waals surface area contributed by atoms with Gasteiger partial charge in [-0.05, 0) is 105 Å². The lowest BCUT2D eigenvalue weighted by Crippen LogP contribution is -2.55. The van der Waals surface area contributed by atoms with E-state index < -0.39 is 0 Å². The van der Waals surface area contributed by atoms with Crippen LogP contribution in [-0.4, -0.2) is 18.6 Å². The molecule has 0 heterocycles. The number of hydrogen-bond donors (Lipinski definition) is 0. The Labute approximate surface area is 176 Å². The van der Waals surface area contributed by atoms with Gasteiger partial charge in [-0.2, -0.15) is 0 Å². The minimum atomic E-state index is -0.0111. The van der Waals surface area contributed by atoms with E-state index in [0.717, 1.165) is 36.3 Å². The zero-order valence-electron chi connectivity index (χ0n) is 18.9. The average Bonchev–Trinajstić information content (AvgIpc) is 2.98. The molecule has 5 unspecified atom stereocenters. The summed E-state index contributed by atoms with van der Waals surface area (Å²) >= 11 is 0. The number of carbonyl (C=O) groups is 1. The molecule has 0 amide bonds. The van der Waals surface area contributed by atoms with Crippen LogP contribution in [0.4, 0.5) is 0 Å². The maximum Gasteiger partial charge on any atom is 0.136 e. The Morgan fingerprint density at radius 2 is 1.90 bits per heavy atom. The van der Waals surface area contributed by atoms with E-state index in [9.17, 15) is 4.79 Å². The molecule has 4 fully saturated rings. The molecular weight excluding hydrogens is 358 g/mol. The molecule has 0 N–H and O–H groups in total. The highest BCUT2D eigenvalue weighted by Gasteiger charge is 2.69. The summed E-state index contributed by atoms with van der Waals surface area (Å²) in [4.78, 5) is 18.2. The summed E-state index contributed by atoms with van der Waals surface area (Å²) in [5.41, 5.74) is 3.30. The van der Waals surface area contributed by atoms with Crippen LogP contribution in [0, 0.1) is 39.9 Å². The Morgan fingerprint density at radius 3 is 2.66 bits per heavy atom. The molecule has 29 heavy (non-hydrogen) atoms. The van der Waals surface area contributed by atoms with Gasteiger partial charge in [0.15, 0.2) is 0 Å². The second-order valence-corrected chi connectivity index (χ2v) is 11.4. The molecule has 0 aliphatic heterocycles. The molecule has 0 aromatic rings. The minimum Gasteiger partial charge on any atom is -0.399 e. The predicted octanol–water partition coefficient (Wildman–Crippen LogP) is 6.33. The molecule has 7 atom stereocenters. The Balaban J connectivity index is 1.50. The molecule has 0 aromatic carbocycles. The van der Waals surface area contributed by atoms with Crippen LogP contribution < -0.4 is 0 Å². The van der Waals surface area contributed by atoms with Gasteiger partial charge in [0.1, 0.15) is 12.9 Å². The summed E-state index contributed by atoms with van der Waals surface area (Å²) in [5.74, 6) is 3.51. The predicted molar refractivity (Wildman–Crippen MR) is 117 cm³/mol. The van der Waals surface area contributed by atoms with Crippen molar-refractivity contribution < 1.29 is 9.63 Å². The number of carbonyl (C=O) groups excluding carboxylic acids is 1. The second-order valence-electron chi connectivity index (χ2n) is 11.4. The van der Waals surface area contributed by atoms with Gasteiger partial charge in [-0.3, -0.25) is 4.79 Å². The van der Waals surface area contributed by atoms with E-state index in [2.05, 4.69) is 25.1 Å². The van der Waals surface area contributed by atoms with Gasteiger partial charge >= 0.3 is 0 Å². The summed E-state index contributed by atoms with van der Waals surface area (Å²) in [5, 5.41) is 4.25. The molecule has 5 aliphatic carbocycles. The van der Waals surface area contributed by atoms with E-state index in [-0.39, 0.29) is 10.8 Å². The van der Waals surface area contributed by atoms with Crippen molar-refractivity contribution in [3.8, 4) is 0 Å². The van der Waals surface area contributed by atoms with Crippen LogP contribution in [0.15, 0.2) is 16.8 Å². The fourth-order valence-corrected chi connectivity index (χ4v) is 9.56. The van der Waals surface area contributed by atoms with E-state index >= 15 is 0 Å². The standard InChI is InChI=1S/C26H39NO2/c1-17(28)26-12-6-5-7-19(26)16-23-21-9-8-18-15-20(27-29-4)10-13-24(18,2)22(21)11-14-25(23,26)3/h15,19,21-23H,5-14,16H2,1-4H3/b27-20+/t19?,21?,22?,23?,24-,25-,26?/m0/s1. The van der Waals surface area contributed by atoms with E-state index in [1.165, 1.54) is 57.8 Å². The first-order valence-electron chi connectivity index (χ1n) is 12.2. The largest absolute Gasteiger partial charge is 0.399 e. The van der Waals surface area contributed by atoms with Gasteiger partial charge < -0.3 is 4.84 Å². The number of Topliss-reactive ketones (excluding diaryl/α,β-unsaturated/α-hetero) is 1. The zero-order chi connectivity index (χ0) is 20.4. The normalized spacial score (nSPS) is 50.1. The Bertz CT molecular complexity index is 769. The molecule has 0 bridgehead atoms. The number of fused-ring (bicyclic) bond motifs is 7. The molecule has 3 nitrogen and oxygen atoms in total. The lowest BCUT2D eigenvalue weighted by molar-refractivity contribution is -0.147. The molecule has 5 rings (SSSR count). The van der Waals surface area contributed by atoms with Crippen LogP contribution in [0.2, 0.25) is 0 Å². The zero-order valence-corrected chi connectivity index (χ0v) is 18.9. The first kappa shape index (κ1) is 19.8. The number of rotatable bonds is 2. The quantitative estimate of drug-likeness (QED) is 0.511. The Hall–Kier alpha value is -1.12. The van der Waals surface area contributed by atoms with Gasteiger partial charge in [-0.25, -0.2) is 0 Å². The van der Waals surface area contributed by atoms with Crippen LogP contribution in [0.3, 0.4) is 0 Å². The van der Waals surface area contributed by atoms with Crippen molar-refractivity contribution in [1.29, 1.82) is 0 Å². The van der Waals surface area contributed by atoms with E-state index in [0.29, 0.717) is 17.1 Å². The monoisotopic (exact) mass is 397 g/mol. The van der Waals surface area contributed by atoms with Crippen molar-refractivity contribution in [2.24, 2.45) is 45.1 Å². The fourth-order valence-electron chi connectivity index (χ4n) is 9.56. The highest BCUT2D eigenvalue weighted by Crippen LogP contribution is 2.74. The number of allylic oxidation sites excluding steroid dienone is 2. The minimum absolute atomic E-state index is 0.0111. The highest BCUT2D eigenvalue weighted by atomic mass is 16.6. The van der Waals surface area contributed by atoms with Crippen LogP contribution >= 0.6 is 0 Å². The van der Waals surface area contributed by atoms with Crippen molar-refractivity contribution in [2.45, 2.75) is 91.4 Å². The van der Waals surface area contributed by atoms with Crippen LogP contribution in [0.5, 0.6) is 0 Å². The van der Waals surface area contributed by atoms with Gasteiger partial charge in [-0.15, -0.1) is 0 Å². The first-order valence-corrected chi connectivity index (χ1v) is 12.2. The van der Waals surface area contributed by atoms with Crippen LogP contribution in [-0.2, 0) is 9.63 Å². The smallest absolute Gasteiger partial charge is 0.136 e. The van der Waals surface area contributed by atoms with Crippen molar-refractivity contribution in [2.75, 3.05) is 7.11 Å². The summed E-state index contributed by atoms with van der Waals surface area (Å²) < 4.78 is 0. The van der Waals surface area contributed by atoms with Crippen molar-refractivity contribution in [3.05, 3.63) is 11.6 Å². The maximum atomic E-state index is 13.2. The topological polar surface area (TPSA) is 38.7 Å². The Morgan fingerprint density at radius 1 is 1.07 bits per heavy atom. The van der Waals surface area contributed by atoms with Crippen LogP contribution in [0.25, 0.3) is 0 Å². The van der Waals surface area contributed by atoms with Gasteiger partial charge in [0.05, 0.1) is 5.71 Å². The third-order valence-electron chi connectivity index (χ3n) is 10.8. The number of oxime groups is 1. The van der Waals surface area contributed by atoms with Crippen molar-refractivity contribution in [3.63, 3.8) is 0 Å². The van der Waals surface area contributed by atoms with Crippen molar-refractivity contribution in [1.82, 2.24) is 0 Å². The molecule has 3 heteroatoms. The first-order chi connectivity index (χ1) is 13.9. The van der Waals surface area contributed by atoms with Crippen LogP contribution in [0.1, 0.15) is 91.4 Å². The van der Waals surface area contributed by atoms with Crippen molar-refractivity contribution >= 4 is 11.5 Å². The number of nitrogens with zero attached hydrogens (tertiary/aromatic N) is 1. The summed E-state index contributed by atoms with van der Waals surface area (Å²) in [7, 11) is 1.66. The summed E-state index contributed by atoms with van der Waals surface area (Å²) in [6.45, 7) is 7.02. The van der Waals surface area contributed by atoms with E-state index in [1.54, 1.807) is 12.7 Å². The maximum absolute atomic E-state index is 13.2.